The minimum atomic E-state index is -0.355. The van der Waals surface area contributed by atoms with E-state index in [-0.39, 0.29) is 5.97 Å². The molecule has 0 saturated carbocycles. The average molecular weight is 418 g/mol. The molecular formula is C24H23N3O2S. The van der Waals surface area contributed by atoms with Crippen LogP contribution in [-0.2, 0) is 17.6 Å². The fraction of sp³-hybridized carbons (Fsp3) is 0.208. The van der Waals surface area contributed by atoms with Gasteiger partial charge >= 0.3 is 5.97 Å². The lowest BCUT2D eigenvalue weighted by molar-refractivity contribution is 0.0601. The molecule has 1 N–H and O–H groups in total. The van der Waals surface area contributed by atoms with E-state index in [0.29, 0.717) is 11.4 Å². The first-order chi connectivity index (χ1) is 14.7. The molecular weight excluding hydrogens is 394 g/mol. The number of nitrogens with zero attached hydrogens (tertiary/aromatic N) is 2. The number of anilines is 1. The second-order valence-corrected chi connectivity index (χ2v) is 8.03. The Labute approximate surface area is 179 Å². The number of thiophene rings is 1. The molecule has 6 heteroatoms. The second-order valence-electron chi connectivity index (χ2n) is 6.91. The number of benzene rings is 2. The maximum Gasteiger partial charge on any atom is 0.337 e. The molecule has 2 heterocycles. The molecule has 0 amide bonds. The van der Waals surface area contributed by atoms with E-state index in [0.717, 1.165) is 41.0 Å². The minimum Gasteiger partial charge on any atom is -0.465 e. The number of methoxy groups -OCH3 is 1. The Morgan fingerprint density at radius 2 is 1.83 bits per heavy atom. The summed E-state index contributed by atoms with van der Waals surface area (Å²) in [7, 11) is 1.38. The van der Waals surface area contributed by atoms with Crippen LogP contribution in [0.15, 0.2) is 60.7 Å². The van der Waals surface area contributed by atoms with Crippen molar-refractivity contribution in [3.8, 4) is 11.4 Å². The third-order valence-electron chi connectivity index (χ3n) is 4.91. The lowest BCUT2D eigenvalue weighted by Crippen LogP contribution is -2.07. The fourth-order valence-electron chi connectivity index (χ4n) is 3.25. The standard InChI is InChI=1S/C24H23N3O2S/c1-3-19-15-20-22(25-14-13-16-7-5-4-6-8-16)26-21(27-23(20)30-19)17-9-11-18(12-10-17)24(28)29-2/h4-12,15H,3,13-14H2,1-2H3,(H,25,26,27). The van der Waals surface area contributed by atoms with Gasteiger partial charge in [0.25, 0.3) is 0 Å². The Bertz CT molecular complexity index is 1150. The van der Waals surface area contributed by atoms with Crippen molar-refractivity contribution in [2.45, 2.75) is 19.8 Å². The molecule has 0 aliphatic heterocycles. The van der Waals surface area contributed by atoms with Gasteiger partial charge in [-0.05, 0) is 36.6 Å². The quantitative estimate of drug-likeness (QED) is 0.410. The van der Waals surface area contributed by atoms with E-state index in [1.165, 1.54) is 17.6 Å². The molecule has 4 aromatic rings. The summed E-state index contributed by atoms with van der Waals surface area (Å²) in [4.78, 5) is 23.5. The Morgan fingerprint density at radius 1 is 1.07 bits per heavy atom. The van der Waals surface area contributed by atoms with Gasteiger partial charge < -0.3 is 10.1 Å². The van der Waals surface area contributed by atoms with Crippen LogP contribution in [0, 0.1) is 0 Å². The van der Waals surface area contributed by atoms with Crippen LogP contribution >= 0.6 is 11.3 Å². The molecule has 0 radical (unpaired) electrons. The van der Waals surface area contributed by atoms with Crippen LogP contribution in [0.4, 0.5) is 5.82 Å². The molecule has 0 aliphatic rings. The first kappa shape index (κ1) is 20.0. The van der Waals surface area contributed by atoms with Gasteiger partial charge in [-0.15, -0.1) is 11.3 Å². The summed E-state index contributed by atoms with van der Waals surface area (Å²) in [5.74, 6) is 1.14. The van der Waals surface area contributed by atoms with Crippen LogP contribution in [0.2, 0.25) is 0 Å². The summed E-state index contributed by atoms with van der Waals surface area (Å²) >= 11 is 1.70. The molecule has 0 fully saturated rings. The summed E-state index contributed by atoms with van der Waals surface area (Å²) in [5, 5.41) is 4.56. The number of aryl methyl sites for hydroxylation is 1. The molecule has 5 nitrogen and oxygen atoms in total. The number of aromatic nitrogens is 2. The van der Waals surface area contributed by atoms with Gasteiger partial charge in [-0.1, -0.05) is 49.4 Å². The Balaban J connectivity index is 1.64. The fourth-order valence-corrected chi connectivity index (χ4v) is 4.22. The molecule has 0 saturated heterocycles. The number of hydrogen-bond acceptors (Lipinski definition) is 6. The van der Waals surface area contributed by atoms with Crippen LogP contribution in [0.1, 0.15) is 27.7 Å². The van der Waals surface area contributed by atoms with E-state index in [2.05, 4.69) is 42.6 Å². The molecule has 0 aliphatic carbocycles. The van der Waals surface area contributed by atoms with Gasteiger partial charge in [0, 0.05) is 17.0 Å². The van der Waals surface area contributed by atoms with Gasteiger partial charge in [0.05, 0.1) is 18.1 Å². The Hall–Kier alpha value is -3.25. The zero-order chi connectivity index (χ0) is 20.9. The monoisotopic (exact) mass is 417 g/mol. The molecule has 0 atom stereocenters. The van der Waals surface area contributed by atoms with E-state index in [1.807, 2.05) is 18.2 Å². The number of rotatable bonds is 7. The molecule has 0 unspecified atom stereocenters. The zero-order valence-electron chi connectivity index (χ0n) is 17.0. The molecule has 2 aromatic heterocycles. The number of ether oxygens (including phenoxy) is 1. The topological polar surface area (TPSA) is 64.1 Å². The summed E-state index contributed by atoms with van der Waals surface area (Å²) in [5.41, 5.74) is 2.66. The van der Waals surface area contributed by atoms with Gasteiger partial charge in [-0.2, -0.15) is 0 Å². The van der Waals surface area contributed by atoms with Crippen molar-refractivity contribution in [1.82, 2.24) is 9.97 Å². The normalized spacial score (nSPS) is 10.9. The average Bonchev–Trinajstić information content (AvgIpc) is 3.23. The van der Waals surface area contributed by atoms with Crippen molar-refractivity contribution in [3.05, 3.63) is 76.7 Å². The van der Waals surface area contributed by atoms with Crippen LogP contribution in [-0.4, -0.2) is 29.6 Å². The Kier molecular flexibility index (Phi) is 6.05. The van der Waals surface area contributed by atoms with Crippen molar-refractivity contribution >= 4 is 33.3 Å². The molecule has 4 rings (SSSR count). The SMILES string of the molecule is CCc1cc2c(NCCc3ccccc3)nc(-c3ccc(C(=O)OC)cc3)nc2s1. The number of hydrogen-bond donors (Lipinski definition) is 1. The lowest BCUT2D eigenvalue weighted by Gasteiger charge is -2.09. The summed E-state index contributed by atoms with van der Waals surface area (Å²) in [6.07, 6.45) is 1.88. The number of nitrogens with one attached hydrogen (secondary N) is 1. The van der Waals surface area contributed by atoms with Crippen LogP contribution in [0.5, 0.6) is 0 Å². The molecule has 0 spiro atoms. The van der Waals surface area contributed by atoms with Crippen LogP contribution < -0.4 is 5.32 Å². The van der Waals surface area contributed by atoms with Gasteiger partial charge in [0.2, 0.25) is 0 Å². The highest BCUT2D eigenvalue weighted by Crippen LogP contribution is 2.31. The first-order valence-electron chi connectivity index (χ1n) is 9.95. The lowest BCUT2D eigenvalue weighted by atomic mass is 10.1. The predicted molar refractivity (Wildman–Crippen MR) is 122 cm³/mol. The highest BCUT2D eigenvalue weighted by atomic mass is 32.1. The third kappa shape index (κ3) is 4.33. The third-order valence-corrected chi connectivity index (χ3v) is 6.08. The zero-order valence-corrected chi connectivity index (χ0v) is 17.8. The maximum absolute atomic E-state index is 11.7. The number of fused-ring (bicyclic) bond motifs is 1. The van der Waals surface area contributed by atoms with Crippen LogP contribution in [0.25, 0.3) is 21.6 Å². The first-order valence-corrected chi connectivity index (χ1v) is 10.8. The Morgan fingerprint density at radius 3 is 2.53 bits per heavy atom. The van der Waals surface area contributed by atoms with Gasteiger partial charge in [0.1, 0.15) is 10.6 Å². The molecule has 0 bridgehead atoms. The van der Waals surface area contributed by atoms with Gasteiger partial charge in [-0.3, -0.25) is 0 Å². The largest absolute Gasteiger partial charge is 0.465 e. The van der Waals surface area contributed by atoms with E-state index < -0.39 is 0 Å². The number of carbonyl (C=O) groups is 1. The van der Waals surface area contributed by atoms with Crippen molar-refractivity contribution in [2.24, 2.45) is 0 Å². The number of carbonyl (C=O) groups excluding carboxylic acids is 1. The summed E-state index contributed by atoms with van der Waals surface area (Å²) in [6.45, 7) is 2.93. The van der Waals surface area contributed by atoms with E-state index >= 15 is 0 Å². The van der Waals surface area contributed by atoms with Crippen molar-refractivity contribution in [3.63, 3.8) is 0 Å². The summed E-state index contributed by atoms with van der Waals surface area (Å²) < 4.78 is 4.78. The van der Waals surface area contributed by atoms with Gasteiger partial charge in [-0.25, -0.2) is 14.8 Å². The molecule has 30 heavy (non-hydrogen) atoms. The van der Waals surface area contributed by atoms with Crippen molar-refractivity contribution in [2.75, 3.05) is 19.0 Å². The van der Waals surface area contributed by atoms with E-state index in [4.69, 9.17) is 14.7 Å². The van der Waals surface area contributed by atoms with Crippen molar-refractivity contribution in [1.29, 1.82) is 0 Å². The molecule has 2 aromatic carbocycles. The smallest absolute Gasteiger partial charge is 0.337 e. The molecule has 152 valence electrons. The van der Waals surface area contributed by atoms with Gasteiger partial charge in [0.15, 0.2) is 5.82 Å². The maximum atomic E-state index is 11.7. The predicted octanol–water partition coefficient (Wildman–Crippen LogP) is 5.36. The van der Waals surface area contributed by atoms with E-state index in [9.17, 15) is 4.79 Å². The van der Waals surface area contributed by atoms with Crippen LogP contribution in [0.3, 0.4) is 0 Å². The van der Waals surface area contributed by atoms with E-state index in [1.54, 1.807) is 23.5 Å². The second kappa shape index (κ2) is 9.05. The van der Waals surface area contributed by atoms with Crippen molar-refractivity contribution < 1.29 is 9.53 Å². The summed E-state index contributed by atoms with van der Waals surface area (Å²) in [6, 6.07) is 19.8. The highest BCUT2D eigenvalue weighted by Gasteiger charge is 2.13. The number of esters is 1. The highest BCUT2D eigenvalue weighted by molar-refractivity contribution is 7.18. The minimum absolute atomic E-state index is 0.355.